The Kier molecular flexibility index (Phi) is 6.49. The molecule has 38 heavy (non-hydrogen) atoms. The van der Waals surface area contributed by atoms with Crippen molar-refractivity contribution < 1.29 is 19.4 Å². The largest absolute Gasteiger partial charge is 0.508 e. The number of rotatable bonds is 5. The molecule has 1 heterocycles. The van der Waals surface area contributed by atoms with Crippen LogP contribution >= 0.6 is 0 Å². The van der Waals surface area contributed by atoms with Crippen molar-refractivity contribution >= 4 is 17.5 Å². The summed E-state index contributed by atoms with van der Waals surface area (Å²) in [5.74, 6) is -0.847. The maximum atomic E-state index is 14.0. The number of esters is 1. The maximum absolute atomic E-state index is 14.0. The van der Waals surface area contributed by atoms with Gasteiger partial charge in [-0.15, -0.1) is 0 Å². The van der Waals surface area contributed by atoms with Gasteiger partial charge in [0.05, 0.1) is 0 Å². The maximum Gasteiger partial charge on any atom is 0.315 e. The lowest BCUT2D eigenvalue weighted by molar-refractivity contribution is -0.151. The number of hydrogen-bond donors (Lipinski definition) is 1. The zero-order chi connectivity index (χ0) is 26.6. The zero-order valence-electron chi connectivity index (χ0n) is 22.6. The number of nitrogens with zero attached hydrogens (tertiary/aromatic N) is 1. The van der Waals surface area contributed by atoms with Crippen molar-refractivity contribution in [3.63, 3.8) is 0 Å². The smallest absolute Gasteiger partial charge is 0.315 e. The number of allylic oxidation sites excluding steroid dienone is 2. The van der Waals surface area contributed by atoms with Gasteiger partial charge in [0.2, 0.25) is 0 Å². The highest BCUT2D eigenvalue weighted by molar-refractivity contribution is 6.11. The first-order valence-electron chi connectivity index (χ1n) is 14.2. The van der Waals surface area contributed by atoms with Crippen LogP contribution in [0.4, 0.5) is 0 Å². The van der Waals surface area contributed by atoms with E-state index >= 15 is 0 Å². The van der Waals surface area contributed by atoms with E-state index in [0.29, 0.717) is 18.4 Å². The van der Waals surface area contributed by atoms with Crippen LogP contribution in [0.25, 0.3) is 0 Å². The van der Waals surface area contributed by atoms with Gasteiger partial charge in [-0.2, -0.15) is 0 Å². The van der Waals surface area contributed by atoms with Gasteiger partial charge in [0.15, 0.2) is 5.78 Å². The number of phenolic OH excluding ortho intramolecular Hbond substituents is 1. The van der Waals surface area contributed by atoms with E-state index in [1.54, 1.807) is 18.2 Å². The van der Waals surface area contributed by atoms with Crippen molar-refractivity contribution in [3.8, 4) is 5.75 Å². The van der Waals surface area contributed by atoms with Gasteiger partial charge in [-0.25, -0.2) is 0 Å². The summed E-state index contributed by atoms with van der Waals surface area (Å²) >= 11 is 0. The normalized spacial score (nSPS) is 25.8. The third-order valence-corrected chi connectivity index (χ3v) is 8.92. The van der Waals surface area contributed by atoms with Crippen molar-refractivity contribution in [2.75, 3.05) is 0 Å². The molecule has 3 aliphatic carbocycles. The minimum Gasteiger partial charge on any atom is -0.508 e. The Labute approximate surface area is 225 Å². The molecule has 2 aromatic carbocycles. The van der Waals surface area contributed by atoms with Gasteiger partial charge in [-0.1, -0.05) is 29.8 Å². The summed E-state index contributed by atoms with van der Waals surface area (Å²) in [7, 11) is 0. The molecule has 3 atom stereocenters. The first kappa shape index (κ1) is 25.1. The number of ketones is 1. The quantitative estimate of drug-likeness (QED) is 0.450. The first-order valence-corrected chi connectivity index (χ1v) is 14.2. The monoisotopic (exact) mass is 511 g/mol. The van der Waals surface area contributed by atoms with E-state index in [1.165, 1.54) is 22.3 Å². The number of ether oxygens (including phenoxy) is 1. The molecule has 0 bridgehead atoms. The van der Waals surface area contributed by atoms with Crippen LogP contribution in [0.3, 0.4) is 0 Å². The second-order valence-electron chi connectivity index (χ2n) is 11.9. The molecule has 2 saturated carbocycles. The second-order valence-corrected chi connectivity index (χ2v) is 11.9. The van der Waals surface area contributed by atoms with E-state index in [-0.39, 0.29) is 35.4 Å². The van der Waals surface area contributed by atoms with Crippen molar-refractivity contribution in [1.82, 2.24) is 0 Å². The molecule has 2 aromatic rings. The molecule has 1 N–H and O–H groups in total. The van der Waals surface area contributed by atoms with E-state index < -0.39 is 11.8 Å². The highest BCUT2D eigenvalue weighted by Crippen LogP contribution is 2.51. The molecule has 0 aromatic heterocycles. The summed E-state index contributed by atoms with van der Waals surface area (Å²) in [6.07, 6.45) is 7.00. The molecule has 198 valence electrons. The number of aromatic hydroxyl groups is 1. The molecule has 0 amide bonds. The van der Waals surface area contributed by atoms with Crippen LogP contribution in [0.2, 0.25) is 0 Å². The van der Waals surface area contributed by atoms with Crippen LogP contribution in [0, 0.1) is 32.6 Å². The van der Waals surface area contributed by atoms with E-state index in [1.807, 2.05) is 6.07 Å². The highest BCUT2D eigenvalue weighted by atomic mass is 16.5. The topological polar surface area (TPSA) is 76.0 Å². The summed E-state index contributed by atoms with van der Waals surface area (Å²) < 4.78 is 6.07. The summed E-state index contributed by atoms with van der Waals surface area (Å²) in [5.41, 5.74) is 8.04. The molecule has 6 rings (SSSR count). The van der Waals surface area contributed by atoms with Crippen LogP contribution in [0.15, 0.2) is 52.7 Å². The van der Waals surface area contributed by atoms with E-state index in [2.05, 4.69) is 32.9 Å². The number of hydrogen-bond acceptors (Lipinski definition) is 5. The molecule has 2 fully saturated rings. The molecule has 5 nitrogen and oxygen atoms in total. The average Bonchev–Trinajstić information content (AvgIpc) is 3.58. The third-order valence-electron chi connectivity index (χ3n) is 8.92. The van der Waals surface area contributed by atoms with Gasteiger partial charge < -0.3 is 9.84 Å². The molecular weight excluding hydrogens is 474 g/mol. The Morgan fingerprint density at radius 3 is 2.32 bits per heavy atom. The molecule has 0 radical (unpaired) electrons. The van der Waals surface area contributed by atoms with Crippen molar-refractivity contribution in [2.45, 2.75) is 90.1 Å². The van der Waals surface area contributed by atoms with Crippen LogP contribution in [-0.2, 0) is 14.3 Å². The predicted octanol–water partition coefficient (Wildman–Crippen LogP) is 6.77. The summed E-state index contributed by atoms with van der Waals surface area (Å²) in [6.45, 7) is 6.37. The predicted molar refractivity (Wildman–Crippen MR) is 148 cm³/mol. The fourth-order valence-corrected chi connectivity index (χ4v) is 7.27. The van der Waals surface area contributed by atoms with Crippen molar-refractivity contribution in [3.05, 3.63) is 75.5 Å². The lowest BCUT2D eigenvalue weighted by Crippen LogP contribution is -2.40. The summed E-state index contributed by atoms with van der Waals surface area (Å²) in [5, 5.41) is 10.4. The number of aryl methyl sites for hydroxylation is 3. The van der Waals surface area contributed by atoms with Gasteiger partial charge in [0, 0.05) is 29.3 Å². The van der Waals surface area contributed by atoms with Crippen molar-refractivity contribution in [1.29, 1.82) is 0 Å². The SMILES string of the molecule is Cc1cc(C)c(C2CC(=O)C3=C(C2)N=C(C2CC2)C(C(=O)OC2CCCC2)C3c2cccc(O)c2)c(C)c1. The zero-order valence-corrected chi connectivity index (χ0v) is 22.6. The Balaban J connectivity index is 1.45. The minimum absolute atomic E-state index is 0.0536. The third kappa shape index (κ3) is 4.61. The van der Waals surface area contributed by atoms with E-state index in [4.69, 9.17) is 9.73 Å². The van der Waals surface area contributed by atoms with E-state index in [0.717, 1.165) is 55.5 Å². The molecule has 4 aliphatic rings. The van der Waals surface area contributed by atoms with Crippen LogP contribution in [0.5, 0.6) is 5.75 Å². The number of phenols is 1. The molecule has 0 spiro atoms. The molecule has 0 saturated heterocycles. The Morgan fingerprint density at radius 1 is 0.947 bits per heavy atom. The van der Waals surface area contributed by atoms with Gasteiger partial charge in [0.1, 0.15) is 17.8 Å². The number of Topliss-reactive ketones (excluding diaryl/α,β-unsaturated/α-hetero) is 1. The Bertz CT molecular complexity index is 1340. The lowest BCUT2D eigenvalue weighted by atomic mass is 9.68. The van der Waals surface area contributed by atoms with Gasteiger partial charge in [-0.05, 0) is 112 Å². The van der Waals surface area contributed by atoms with Gasteiger partial charge >= 0.3 is 5.97 Å². The fraction of sp³-hybridized carbons (Fsp3) is 0.485. The summed E-state index contributed by atoms with van der Waals surface area (Å²) in [4.78, 5) is 33.0. The van der Waals surface area contributed by atoms with Crippen molar-refractivity contribution in [2.24, 2.45) is 16.8 Å². The number of aliphatic imine (C=N–C) groups is 1. The lowest BCUT2D eigenvalue weighted by Gasteiger charge is -2.38. The van der Waals surface area contributed by atoms with Crippen LogP contribution in [-0.4, -0.2) is 28.7 Å². The second kappa shape index (κ2) is 9.83. The molecular formula is C33H37NO4. The molecule has 5 heteroatoms. The van der Waals surface area contributed by atoms with Gasteiger partial charge in [-0.3, -0.25) is 14.6 Å². The number of carbonyl (C=O) groups is 2. The van der Waals surface area contributed by atoms with Gasteiger partial charge in [0.25, 0.3) is 0 Å². The number of carbonyl (C=O) groups excluding carboxylic acids is 2. The highest BCUT2D eigenvalue weighted by Gasteiger charge is 2.50. The number of benzene rings is 2. The standard InChI is InChI=1S/C33H37NO4/c1-18-13-19(2)28(20(3)14-18)23-16-26-30(27(36)17-23)29(22-7-6-8-24(35)15-22)31(32(34-26)21-11-12-21)33(37)38-25-9-4-5-10-25/h6-8,13-15,21,23,25,29,31,35H,4-5,9-12,16-17H2,1-3H3. The average molecular weight is 512 g/mol. The Hall–Kier alpha value is -3.21. The fourth-order valence-electron chi connectivity index (χ4n) is 7.27. The van der Waals surface area contributed by atoms with Crippen LogP contribution < -0.4 is 0 Å². The molecule has 1 aliphatic heterocycles. The molecule has 3 unspecified atom stereocenters. The summed E-state index contributed by atoms with van der Waals surface area (Å²) in [6, 6.07) is 11.4. The van der Waals surface area contributed by atoms with Crippen LogP contribution in [0.1, 0.15) is 91.0 Å². The minimum atomic E-state index is -0.619. The first-order chi connectivity index (χ1) is 18.3. The Morgan fingerprint density at radius 2 is 1.66 bits per heavy atom. The van der Waals surface area contributed by atoms with E-state index in [9.17, 15) is 14.7 Å².